The SMILES string of the molecule is CC(=O)OCCC1[C@H](C)CC2C3CCC4=CC(=O)C=C[C@]4(C)C3=CC[C@]21C. The van der Waals surface area contributed by atoms with Gasteiger partial charge in [0.25, 0.3) is 0 Å². The lowest BCUT2D eigenvalue weighted by molar-refractivity contribution is -0.141. The lowest BCUT2D eigenvalue weighted by atomic mass is 9.52. The summed E-state index contributed by atoms with van der Waals surface area (Å²) in [4.78, 5) is 23.0. The van der Waals surface area contributed by atoms with Crippen LogP contribution in [0.2, 0.25) is 0 Å². The average Bonchev–Trinajstić information content (AvgIpc) is 2.86. The Kier molecular flexibility index (Phi) is 4.48. The van der Waals surface area contributed by atoms with Gasteiger partial charge in [0, 0.05) is 12.3 Å². The molecule has 0 saturated heterocycles. The van der Waals surface area contributed by atoms with Gasteiger partial charge in [0.05, 0.1) is 6.61 Å². The lowest BCUT2D eigenvalue weighted by Gasteiger charge is -2.52. The highest BCUT2D eigenvalue weighted by Crippen LogP contribution is 2.65. The van der Waals surface area contributed by atoms with Gasteiger partial charge in [-0.3, -0.25) is 9.59 Å². The number of esters is 1. The molecule has 6 atom stereocenters. The second kappa shape index (κ2) is 6.46. The number of hydrogen-bond donors (Lipinski definition) is 0. The van der Waals surface area contributed by atoms with Crippen LogP contribution in [0.3, 0.4) is 0 Å². The Morgan fingerprint density at radius 2 is 2.11 bits per heavy atom. The summed E-state index contributed by atoms with van der Waals surface area (Å²) in [6.45, 7) is 9.20. The fourth-order valence-corrected chi connectivity index (χ4v) is 6.93. The van der Waals surface area contributed by atoms with E-state index in [2.05, 4.69) is 32.9 Å². The van der Waals surface area contributed by atoms with Crippen LogP contribution in [0.15, 0.2) is 35.5 Å². The molecule has 4 rings (SSSR count). The van der Waals surface area contributed by atoms with E-state index in [0.29, 0.717) is 35.7 Å². The van der Waals surface area contributed by atoms with Gasteiger partial charge < -0.3 is 4.74 Å². The second-order valence-electron chi connectivity index (χ2n) is 9.68. The highest BCUT2D eigenvalue weighted by atomic mass is 16.5. The second-order valence-corrected chi connectivity index (χ2v) is 9.68. The first-order valence-electron chi connectivity index (χ1n) is 10.5. The number of allylic oxidation sites excluding steroid dienone is 6. The Labute approximate surface area is 162 Å². The Balaban J connectivity index is 1.62. The monoisotopic (exact) mass is 368 g/mol. The zero-order valence-electron chi connectivity index (χ0n) is 17.1. The van der Waals surface area contributed by atoms with E-state index in [-0.39, 0.29) is 17.2 Å². The van der Waals surface area contributed by atoms with Crippen molar-refractivity contribution in [2.24, 2.45) is 34.5 Å². The molecule has 0 radical (unpaired) electrons. The molecule has 0 heterocycles. The highest BCUT2D eigenvalue weighted by molar-refractivity contribution is 6.01. The van der Waals surface area contributed by atoms with Crippen LogP contribution < -0.4 is 0 Å². The van der Waals surface area contributed by atoms with Crippen LogP contribution >= 0.6 is 0 Å². The quantitative estimate of drug-likeness (QED) is 0.518. The molecule has 146 valence electrons. The molecule has 2 saturated carbocycles. The smallest absolute Gasteiger partial charge is 0.302 e. The fraction of sp³-hybridized carbons (Fsp3) is 0.667. The Morgan fingerprint density at radius 1 is 1.33 bits per heavy atom. The molecule has 0 aromatic heterocycles. The largest absolute Gasteiger partial charge is 0.466 e. The summed E-state index contributed by atoms with van der Waals surface area (Å²) in [5.41, 5.74) is 3.09. The predicted octanol–water partition coefficient (Wildman–Crippen LogP) is 5.03. The molecule has 0 N–H and O–H groups in total. The van der Waals surface area contributed by atoms with Gasteiger partial charge in [0.15, 0.2) is 5.78 Å². The summed E-state index contributed by atoms with van der Waals surface area (Å²) < 4.78 is 5.28. The molecule has 27 heavy (non-hydrogen) atoms. The first-order chi connectivity index (χ1) is 12.8. The molecule has 3 nitrogen and oxygen atoms in total. The summed E-state index contributed by atoms with van der Waals surface area (Å²) in [5, 5.41) is 0. The molecule has 0 spiro atoms. The number of rotatable bonds is 3. The molecule has 4 aliphatic rings. The third-order valence-corrected chi connectivity index (χ3v) is 8.28. The van der Waals surface area contributed by atoms with Gasteiger partial charge >= 0.3 is 5.97 Å². The normalized spacial score (nSPS) is 42.6. The summed E-state index contributed by atoms with van der Waals surface area (Å²) in [7, 11) is 0. The maximum absolute atomic E-state index is 11.9. The van der Waals surface area contributed by atoms with Gasteiger partial charge in [-0.1, -0.05) is 37.1 Å². The van der Waals surface area contributed by atoms with E-state index in [0.717, 1.165) is 25.7 Å². The van der Waals surface area contributed by atoms with E-state index in [1.807, 2.05) is 6.08 Å². The fourth-order valence-electron chi connectivity index (χ4n) is 6.93. The molecular weight excluding hydrogens is 336 g/mol. The number of ether oxygens (including phenoxy) is 1. The van der Waals surface area contributed by atoms with Crippen molar-refractivity contribution < 1.29 is 14.3 Å². The van der Waals surface area contributed by atoms with Crippen molar-refractivity contribution in [3.05, 3.63) is 35.5 Å². The van der Waals surface area contributed by atoms with Crippen molar-refractivity contribution >= 4 is 11.8 Å². The van der Waals surface area contributed by atoms with Gasteiger partial charge in [-0.2, -0.15) is 0 Å². The van der Waals surface area contributed by atoms with Gasteiger partial charge in [-0.15, -0.1) is 0 Å². The van der Waals surface area contributed by atoms with Crippen LogP contribution in [0.1, 0.15) is 59.8 Å². The van der Waals surface area contributed by atoms with E-state index < -0.39 is 0 Å². The molecule has 0 aromatic rings. The first-order valence-corrected chi connectivity index (χ1v) is 10.5. The molecule has 0 aliphatic heterocycles. The number of fused-ring (bicyclic) bond motifs is 5. The van der Waals surface area contributed by atoms with E-state index in [9.17, 15) is 9.59 Å². The van der Waals surface area contributed by atoms with Crippen LogP contribution in [0.4, 0.5) is 0 Å². The summed E-state index contributed by atoms with van der Waals surface area (Å²) in [6, 6.07) is 0. The van der Waals surface area contributed by atoms with Crippen molar-refractivity contribution in [1.29, 1.82) is 0 Å². The summed E-state index contributed by atoms with van der Waals surface area (Å²) in [6.07, 6.45) is 13.8. The van der Waals surface area contributed by atoms with Crippen LogP contribution in [0, 0.1) is 34.5 Å². The standard InChI is InChI=1S/C24H32O3/c1-15-13-22-19-6-5-17-14-18(26)7-10-23(17,3)21(19)8-11-24(22,4)20(15)9-12-27-16(2)25/h7-8,10,14-15,19-20,22H,5-6,9,11-13H2,1-4H3/t15-,19?,20?,22?,23+,24+/m1/s1. The van der Waals surface area contributed by atoms with Crippen LogP contribution in [-0.4, -0.2) is 18.4 Å². The van der Waals surface area contributed by atoms with Gasteiger partial charge in [0.1, 0.15) is 0 Å². The number of carbonyl (C=O) groups excluding carboxylic acids is 2. The van der Waals surface area contributed by atoms with Crippen molar-refractivity contribution in [2.45, 2.75) is 59.8 Å². The van der Waals surface area contributed by atoms with Gasteiger partial charge in [-0.05, 0) is 80.3 Å². The van der Waals surface area contributed by atoms with E-state index >= 15 is 0 Å². The number of hydrogen-bond acceptors (Lipinski definition) is 3. The van der Waals surface area contributed by atoms with E-state index in [1.165, 1.54) is 18.9 Å². The summed E-state index contributed by atoms with van der Waals surface area (Å²) in [5.74, 6) is 2.54. The van der Waals surface area contributed by atoms with Crippen molar-refractivity contribution in [1.82, 2.24) is 0 Å². The average molecular weight is 369 g/mol. The molecule has 0 bridgehead atoms. The third kappa shape index (κ3) is 2.85. The summed E-state index contributed by atoms with van der Waals surface area (Å²) >= 11 is 0. The van der Waals surface area contributed by atoms with Crippen molar-refractivity contribution in [3.8, 4) is 0 Å². The molecule has 4 aliphatic carbocycles. The third-order valence-electron chi connectivity index (χ3n) is 8.28. The van der Waals surface area contributed by atoms with E-state index in [4.69, 9.17) is 4.74 Å². The van der Waals surface area contributed by atoms with Gasteiger partial charge in [0.2, 0.25) is 0 Å². The van der Waals surface area contributed by atoms with Crippen molar-refractivity contribution in [2.75, 3.05) is 6.61 Å². The zero-order chi connectivity index (χ0) is 19.4. The van der Waals surface area contributed by atoms with Crippen molar-refractivity contribution in [3.63, 3.8) is 0 Å². The minimum atomic E-state index is -0.175. The molecule has 3 unspecified atom stereocenters. The Bertz CT molecular complexity index is 758. The maximum atomic E-state index is 11.9. The van der Waals surface area contributed by atoms with Crippen LogP contribution in [-0.2, 0) is 14.3 Å². The molecular formula is C24H32O3. The highest BCUT2D eigenvalue weighted by Gasteiger charge is 2.57. The number of carbonyl (C=O) groups is 2. The number of ketones is 1. The molecule has 3 heteroatoms. The zero-order valence-corrected chi connectivity index (χ0v) is 17.1. The maximum Gasteiger partial charge on any atom is 0.302 e. The van der Waals surface area contributed by atoms with E-state index in [1.54, 1.807) is 11.6 Å². The lowest BCUT2D eigenvalue weighted by Crippen LogP contribution is -2.43. The Morgan fingerprint density at radius 3 is 2.85 bits per heavy atom. The predicted molar refractivity (Wildman–Crippen MR) is 106 cm³/mol. The minimum absolute atomic E-state index is 0.0583. The first kappa shape index (κ1) is 18.7. The molecule has 0 amide bonds. The van der Waals surface area contributed by atoms with Crippen LogP contribution in [0.5, 0.6) is 0 Å². The Hall–Kier alpha value is -1.64. The van der Waals surface area contributed by atoms with Crippen LogP contribution in [0.25, 0.3) is 0 Å². The topological polar surface area (TPSA) is 43.4 Å². The minimum Gasteiger partial charge on any atom is -0.466 e. The van der Waals surface area contributed by atoms with Gasteiger partial charge in [-0.25, -0.2) is 0 Å². The molecule has 0 aromatic carbocycles. The molecule has 2 fully saturated rings.